The minimum absolute atomic E-state index is 0.0124. The minimum Gasteiger partial charge on any atom is -0.330 e. The highest BCUT2D eigenvalue weighted by molar-refractivity contribution is 5.92. The van der Waals surface area contributed by atoms with Gasteiger partial charge in [-0.1, -0.05) is 0 Å². The Labute approximate surface area is 107 Å². The smallest absolute Gasteiger partial charge is 0.279 e. The van der Waals surface area contributed by atoms with E-state index < -0.39 is 0 Å². The Balaban J connectivity index is 2.53. The average molecular weight is 250 g/mol. The van der Waals surface area contributed by atoms with E-state index in [1.807, 2.05) is 14.0 Å². The zero-order valence-corrected chi connectivity index (χ0v) is 11.0. The zero-order valence-electron chi connectivity index (χ0n) is 11.0. The van der Waals surface area contributed by atoms with Crippen molar-refractivity contribution in [2.75, 3.05) is 30.8 Å². The molecule has 1 atom stereocenters. The number of hydrogen-bond acceptors (Lipinski definition) is 2. The van der Waals surface area contributed by atoms with E-state index in [9.17, 15) is 9.59 Å². The summed E-state index contributed by atoms with van der Waals surface area (Å²) >= 11 is 0. The van der Waals surface area contributed by atoms with Gasteiger partial charge in [-0.25, -0.2) is 0 Å². The number of anilines is 2. The van der Waals surface area contributed by atoms with Crippen molar-refractivity contribution in [2.45, 2.75) is 13.8 Å². The van der Waals surface area contributed by atoms with Crippen LogP contribution in [-0.4, -0.2) is 32.0 Å². The fourth-order valence-electron chi connectivity index (χ4n) is 1.44. The van der Waals surface area contributed by atoms with Crippen molar-refractivity contribution in [2.24, 2.45) is 0 Å². The molecule has 18 heavy (non-hydrogen) atoms. The summed E-state index contributed by atoms with van der Waals surface area (Å²) in [5, 5.41) is 5.49. The van der Waals surface area contributed by atoms with E-state index in [0.29, 0.717) is 6.54 Å². The third-order valence-electron chi connectivity index (χ3n) is 2.55. The molecule has 0 heterocycles. The molecular weight excluding hydrogens is 230 g/mol. The fraction of sp³-hybridized carbons (Fsp3) is 0.385. The molecule has 0 spiro atoms. The van der Waals surface area contributed by atoms with Crippen LogP contribution in [0, 0.1) is 0 Å². The van der Waals surface area contributed by atoms with Gasteiger partial charge in [0.05, 0.1) is 13.6 Å². The number of carbonyl (C=O) groups excluding carboxylic acids is 2. The molecule has 1 aromatic carbocycles. The molecule has 0 aliphatic carbocycles. The maximum Gasteiger partial charge on any atom is 0.279 e. The van der Waals surface area contributed by atoms with E-state index in [-0.39, 0.29) is 11.8 Å². The lowest BCUT2D eigenvalue weighted by atomic mass is 10.2. The first kappa shape index (κ1) is 14.2. The van der Waals surface area contributed by atoms with Crippen LogP contribution in [0.2, 0.25) is 0 Å². The molecule has 0 saturated heterocycles. The quantitative estimate of drug-likeness (QED) is 0.695. The Morgan fingerprint density at radius 2 is 1.61 bits per heavy atom. The van der Waals surface area contributed by atoms with Crippen molar-refractivity contribution < 1.29 is 14.5 Å². The summed E-state index contributed by atoms with van der Waals surface area (Å²) in [4.78, 5) is 23.6. The predicted molar refractivity (Wildman–Crippen MR) is 71.7 cm³/mol. The second kappa shape index (κ2) is 6.76. The van der Waals surface area contributed by atoms with Crippen molar-refractivity contribution in [3.63, 3.8) is 0 Å². The van der Waals surface area contributed by atoms with Gasteiger partial charge < -0.3 is 15.5 Å². The predicted octanol–water partition coefficient (Wildman–Crippen LogP) is 0.118. The highest BCUT2D eigenvalue weighted by atomic mass is 16.2. The van der Waals surface area contributed by atoms with Crippen LogP contribution in [0.4, 0.5) is 11.4 Å². The van der Waals surface area contributed by atoms with Crippen molar-refractivity contribution >= 4 is 23.2 Å². The lowest BCUT2D eigenvalue weighted by Crippen LogP contribution is -3.09. The van der Waals surface area contributed by atoms with Crippen LogP contribution >= 0.6 is 0 Å². The summed E-state index contributed by atoms with van der Waals surface area (Å²) in [7, 11) is 1.97. The summed E-state index contributed by atoms with van der Waals surface area (Å²) in [6, 6.07) is 7.05. The molecular formula is C13H20N3O2+. The topological polar surface area (TPSA) is 62.6 Å². The van der Waals surface area contributed by atoms with Gasteiger partial charge in [-0.2, -0.15) is 0 Å². The molecule has 0 aromatic heterocycles. The number of benzene rings is 1. The number of quaternary nitrogens is 1. The zero-order chi connectivity index (χ0) is 13.5. The number of nitrogens with one attached hydrogen (secondary N) is 3. The first-order valence-electron chi connectivity index (χ1n) is 6.00. The van der Waals surface area contributed by atoms with Crippen LogP contribution in [0.25, 0.3) is 0 Å². The van der Waals surface area contributed by atoms with Crippen LogP contribution < -0.4 is 15.5 Å². The van der Waals surface area contributed by atoms with E-state index in [4.69, 9.17) is 0 Å². The number of amides is 2. The Morgan fingerprint density at radius 1 is 1.11 bits per heavy atom. The van der Waals surface area contributed by atoms with Crippen LogP contribution in [0.1, 0.15) is 13.8 Å². The van der Waals surface area contributed by atoms with E-state index in [0.717, 1.165) is 22.8 Å². The number of likely N-dealkylation sites (N-methyl/N-ethyl adjacent to an activating group) is 1. The molecule has 2 amide bonds. The normalized spacial score (nSPS) is 11.7. The maximum atomic E-state index is 11.6. The Morgan fingerprint density at radius 3 is 2.06 bits per heavy atom. The third kappa shape index (κ3) is 4.97. The average Bonchev–Trinajstić information content (AvgIpc) is 2.30. The van der Waals surface area contributed by atoms with E-state index in [1.165, 1.54) is 6.92 Å². The van der Waals surface area contributed by atoms with Crippen LogP contribution in [0.5, 0.6) is 0 Å². The van der Waals surface area contributed by atoms with Gasteiger partial charge in [0.15, 0.2) is 6.54 Å². The molecule has 5 nitrogen and oxygen atoms in total. The van der Waals surface area contributed by atoms with Gasteiger partial charge in [0.2, 0.25) is 5.91 Å². The standard InChI is InChI=1S/C13H19N3O2/c1-4-16(3)9-13(18)15-12-7-5-11(6-8-12)14-10(2)17/h5-8H,4,9H2,1-3H3,(H,14,17)(H,15,18)/p+1. The molecule has 1 unspecified atom stereocenters. The highest BCUT2D eigenvalue weighted by Crippen LogP contribution is 2.13. The fourth-order valence-corrected chi connectivity index (χ4v) is 1.44. The number of carbonyl (C=O) groups is 2. The maximum absolute atomic E-state index is 11.6. The van der Waals surface area contributed by atoms with Gasteiger partial charge in [0.1, 0.15) is 0 Å². The molecule has 0 saturated carbocycles. The van der Waals surface area contributed by atoms with Crippen molar-refractivity contribution in [1.82, 2.24) is 0 Å². The first-order chi connectivity index (χ1) is 8.51. The molecule has 0 aliphatic heterocycles. The molecule has 0 radical (unpaired) electrons. The highest BCUT2D eigenvalue weighted by Gasteiger charge is 2.08. The molecule has 1 aromatic rings. The summed E-state index contributed by atoms with van der Waals surface area (Å²) in [6.45, 7) is 4.85. The van der Waals surface area contributed by atoms with Gasteiger partial charge >= 0.3 is 0 Å². The van der Waals surface area contributed by atoms with Gasteiger partial charge in [-0.15, -0.1) is 0 Å². The Hall–Kier alpha value is -1.88. The second-order valence-electron chi connectivity index (χ2n) is 4.29. The van der Waals surface area contributed by atoms with E-state index in [1.54, 1.807) is 24.3 Å². The molecule has 0 bridgehead atoms. The lowest BCUT2D eigenvalue weighted by molar-refractivity contribution is -0.868. The summed E-state index contributed by atoms with van der Waals surface area (Å²) in [6.07, 6.45) is 0. The van der Waals surface area contributed by atoms with Gasteiger partial charge in [-0.3, -0.25) is 9.59 Å². The summed E-state index contributed by atoms with van der Waals surface area (Å²) < 4.78 is 0. The van der Waals surface area contributed by atoms with Crippen LogP contribution in [0.3, 0.4) is 0 Å². The summed E-state index contributed by atoms with van der Waals surface area (Å²) in [5.74, 6) is -0.124. The molecule has 0 aliphatic rings. The van der Waals surface area contributed by atoms with Gasteiger partial charge in [0.25, 0.3) is 5.91 Å². The van der Waals surface area contributed by atoms with E-state index >= 15 is 0 Å². The largest absolute Gasteiger partial charge is 0.330 e. The van der Waals surface area contributed by atoms with Crippen molar-refractivity contribution in [1.29, 1.82) is 0 Å². The second-order valence-corrected chi connectivity index (χ2v) is 4.29. The molecule has 0 fully saturated rings. The van der Waals surface area contributed by atoms with Crippen molar-refractivity contribution in [3.05, 3.63) is 24.3 Å². The first-order valence-corrected chi connectivity index (χ1v) is 6.00. The van der Waals surface area contributed by atoms with Gasteiger partial charge in [0, 0.05) is 18.3 Å². The Kier molecular flexibility index (Phi) is 5.32. The number of hydrogen-bond donors (Lipinski definition) is 3. The molecule has 5 heteroatoms. The van der Waals surface area contributed by atoms with E-state index in [2.05, 4.69) is 10.6 Å². The number of rotatable bonds is 5. The SMILES string of the molecule is CC[NH+](C)CC(=O)Nc1ccc(NC(C)=O)cc1. The monoisotopic (exact) mass is 250 g/mol. The Bertz CT molecular complexity index is 415. The minimum atomic E-state index is -0.111. The van der Waals surface area contributed by atoms with Crippen molar-refractivity contribution in [3.8, 4) is 0 Å². The summed E-state index contributed by atoms with van der Waals surface area (Å²) in [5.41, 5.74) is 1.45. The van der Waals surface area contributed by atoms with Crippen LogP contribution in [0.15, 0.2) is 24.3 Å². The van der Waals surface area contributed by atoms with Crippen LogP contribution in [-0.2, 0) is 9.59 Å². The molecule has 98 valence electrons. The lowest BCUT2D eigenvalue weighted by Gasteiger charge is -2.11. The third-order valence-corrected chi connectivity index (χ3v) is 2.55. The van der Waals surface area contributed by atoms with Gasteiger partial charge in [-0.05, 0) is 31.2 Å². The molecule has 1 rings (SSSR count). The molecule has 3 N–H and O–H groups in total.